The molecule has 0 saturated heterocycles. The molecule has 0 radical (unpaired) electrons. The summed E-state index contributed by atoms with van der Waals surface area (Å²) >= 11 is 0. The van der Waals surface area contributed by atoms with E-state index in [1.165, 1.54) is 0 Å². The van der Waals surface area contributed by atoms with Gasteiger partial charge in [-0.25, -0.2) is 4.98 Å². The van der Waals surface area contributed by atoms with E-state index in [2.05, 4.69) is 21.9 Å². The smallest absolute Gasteiger partial charge is 0.221 e. The van der Waals surface area contributed by atoms with Crippen molar-refractivity contribution in [2.75, 3.05) is 0 Å². The van der Waals surface area contributed by atoms with Crippen molar-refractivity contribution in [3.63, 3.8) is 0 Å². The maximum Gasteiger partial charge on any atom is 0.221 e. The maximum absolute atomic E-state index is 8.66. The van der Waals surface area contributed by atoms with Gasteiger partial charge in [-0.05, 0) is 31.4 Å². The van der Waals surface area contributed by atoms with Gasteiger partial charge in [0.05, 0.1) is 18.2 Å². The SMILES string of the molecule is CCC(C)Oc1cc(C)nc(OCc2ccccc2)c1CN=[N+]=[N-]. The number of hydrogen-bond acceptors (Lipinski definition) is 4. The fourth-order valence-electron chi connectivity index (χ4n) is 2.14. The molecule has 0 saturated carbocycles. The van der Waals surface area contributed by atoms with Gasteiger partial charge in [0.25, 0.3) is 0 Å². The second-order valence-electron chi connectivity index (χ2n) is 5.55. The fourth-order valence-corrected chi connectivity index (χ4v) is 2.14. The highest BCUT2D eigenvalue weighted by Gasteiger charge is 2.15. The first kappa shape index (κ1) is 17.6. The minimum Gasteiger partial charge on any atom is -0.490 e. The lowest BCUT2D eigenvalue weighted by molar-refractivity contribution is 0.211. The van der Waals surface area contributed by atoms with Crippen LogP contribution in [0.15, 0.2) is 41.5 Å². The van der Waals surface area contributed by atoms with E-state index in [-0.39, 0.29) is 12.6 Å². The Morgan fingerprint density at radius 1 is 1.29 bits per heavy atom. The third-order valence-electron chi connectivity index (χ3n) is 3.59. The average Bonchev–Trinajstić information content (AvgIpc) is 2.59. The highest BCUT2D eigenvalue weighted by atomic mass is 16.5. The first-order chi connectivity index (χ1) is 11.6. The zero-order chi connectivity index (χ0) is 17.4. The third kappa shape index (κ3) is 4.89. The maximum atomic E-state index is 8.66. The lowest BCUT2D eigenvalue weighted by atomic mass is 10.2. The predicted molar refractivity (Wildman–Crippen MR) is 93.0 cm³/mol. The van der Waals surface area contributed by atoms with Crippen LogP contribution >= 0.6 is 0 Å². The first-order valence-corrected chi connectivity index (χ1v) is 7.98. The van der Waals surface area contributed by atoms with Crippen molar-refractivity contribution in [2.45, 2.75) is 46.4 Å². The van der Waals surface area contributed by atoms with Gasteiger partial charge in [0.2, 0.25) is 5.88 Å². The van der Waals surface area contributed by atoms with E-state index in [4.69, 9.17) is 15.0 Å². The monoisotopic (exact) mass is 326 g/mol. The zero-order valence-electron chi connectivity index (χ0n) is 14.3. The van der Waals surface area contributed by atoms with Crippen LogP contribution in [0.5, 0.6) is 11.6 Å². The molecule has 2 rings (SSSR count). The lowest BCUT2D eigenvalue weighted by Gasteiger charge is -2.18. The molecule has 24 heavy (non-hydrogen) atoms. The molecule has 0 spiro atoms. The number of rotatable bonds is 8. The standard InChI is InChI=1S/C18H22N4O2/c1-4-14(3)24-17-10-13(2)21-18(16(17)11-20-22-19)23-12-15-8-6-5-7-9-15/h5-10,14H,4,11-12H2,1-3H3. The fraction of sp³-hybridized carbons (Fsp3) is 0.389. The van der Waals surface area contributed by atoms with E-state index < -0.39 is 0 Å². The average molecular weight is 326 g/mol. The first-order valence-electron chi connectivity index (χ1n) is 7.98. The van der Waals surface area contributed by atoms with Crippen LogP contribution in [0.2, 0.25) is 0 Å². The van der Waals surface area contributed by atoms with Crippen molar-refractivity contribution in [3.05, 3.63) is 63.7 Å². The number of aromatic nitrogens is 1. The highest BCUT2D eigenvalue weighted by Crippen LogP contribution is 2.30. The zero-order valence-corrected chi connectivity index (χ0v) is 14.3. The lowest BCUT2D eigenvalue weighted by Crippen LogP contribution is -2.12. The molecule has 0 aliphatic heterocycles. The summed E-state index contributed by atoms with van der Waals surface area (Å²) in [6.07, 6.45) is 0.932. The number of aryl methyl sites for hydroxylation is 1. The van der Waals surface area contributed by atoms with Gasteiger partial charge >= 0.3 is 0 Å². The Bertz CT molecular complexity index is 712. The van der Waals surface area contributed by atoms with Crippen LogP contribution in [-0.2, 0) is 13.2 Å². The second kappa shape index (κ2) is 8.79. The van der Waals surface area contributed by atoms with E-state index in [1.54, 1.807) is 0 Å². The molecular weight excluding hydrogens is 304 g/mol. The summed E-state index contributed by atoms with van der Waals surface area (Å²) in [7, 11) is 0. The largest absolute Gasteiger partial charge is 0.490 e. The highest BCUT2D eigenvalue weighted by molar-refractivity contribution is 5.42. The molecular formula is C18H22N4O2. The van der Waals surface area contributed by atoms with Gasteiger partial charge in [-0.15, -0.1) is 0 Å². The molecule has 1 unspecified atom stereocenters. The normalized spacial score (nSPS) is 11.5. The van der Waals surface area contributed by atoms with E-state index in [0.717, 1.165) is 17.7 Å². The predicted octanol–water partition coefficient (Wildman–Crippen LogP) is 4.96. The Hall–Kier alpha value is -2.72. The van der Waals surface area contributed by atoms with Gasteiger partial charge in [-0.1, -0.05) is 42.4 Å². The number of hydrogen-bond donors (Lipinski definition) is 0. The Kier molecular flexibility index (Phi) is 6.46. The molecule has 0 amide bonds. The van der Waals surface area contributed by atoms with Gasteiger partial charge in [0.15, 0.2) is 0 Å². The molecule has 0 aliphatic carbocycles. The van der Waals surface area contributed by atoms with Gasteiger partial charge in [0.1, 0.15) is 12.4 Å². The minimum absolute atomic E-state index is 0.0542. The Morgan fingerprint density at radius 2 is 2.04 bits per heavy atom. The van der Waals surface area contributed by atoms with Gasteiger partial charge < -0.3 is 9.47 Å². The molecule has 126 valence electrons. The van der Waals surface area contributed by atoms with Crippen molar-refractivity contribution in [2.24, 2.45) is 5.11 Å². The topological polar surface area (TPSA) is 80.1 Å². The van der Waals surface area contributed by atoms with Crippen LogP contribution in [0.25, 0.3) is 10.4 Å². The Labute approximate surface area is 142 Å². The van der Waals surface area contributed by atoms with Gasteiger partial charge in [0, 0.05) is 16.7 Å². The molecule has 0 bridgehead atoms. The van der Waals surface area contributed by atoms with E-state index >= 15 is 0 Å². The summed E-state index contributed by atoms with van der Waals surface area (Å²) in [5, 5.41) is 3.66. The van der Waals surface area contributed by atoms with Crippen LogP contribution in [0, 0.1) is 6.92 Å². The summed E-state index contributed by atoms with van der Waals surface area (Å²) in [6.45, 7) is 6.47. The molecule has 1 aromatic carbocycles. The number of benzene rings is 1. The molecule has 0 N–H and O–H groups in total. The van der Waals surface area contributed by atoms with E-state index in [1.807, 2.05) is 50.2 Å². The van der Waals surface area contributed by atoms with Crippen LogP contribution in [-0.4, -0.2) is 11.1 Å². The number of pyridine rings is 1. The van der Waals surface area contributed by atoms with Crippen molar-refractivity contribution < 1.29 is 9.47 Å². The molecule has 0 aliphatic rings. The molecule has 6 heteroatoms. The van der Waals surface area contributed by atoms with Crippen LogP contribution in [0.4, 0.5) is 0 Å². The second-order valence-corrected chi connectivity index (χ2v) is 5.55. The van der Waals surface area contributed by atoms with Gasteiger partial charge in [-0.2, -0.15) is 0 Å². The Balaban J connectivity index is 2.31. The summed E-state index contributed by atoms with van der Waals surface area (Å²) in [6, 6.07) is 11.7. The molecule has 1 aromatic heterocycles. The minimum atomic E-state index is 0.0542. The summed E-state index contributed by atoms with van der Waals surface area (Å²) in [5.74, 6) is 1.11. The van der Waals surface area contributed by atoms with Crippen LogP contribution < -0.4 is 9.47 Å². The third-order valence-corrected chi connectivity index (χ3v) is 3.59. The van der Waals surface area contributed by atoms with E-state index in [9.17, 15) is 0 Å². The van der Waals surface area contributed by atoms with Crippen molar-refractivity contribution in [1.29, 1.82) is 0 Å². The molecule has 2 aromatic rings. The summed E-state index contributed by atoms with van der Waals surface area (Å²) in [5.41, 5.74) is 11.2. The van der Waals surface area contributed by atoms with Crippen LogP contribution in [0.3, 0.4) is 0 Å². The molecule has 1 atom stereocenters. The van der Waals surface area contributed by atoms with Crippen molar-refractivity contribution >= 4 is 0 Å². The Morgan fingerprint density at radius 3 is 2.71 bits per heavy atom. The van der Waals surface area contributed by atoms with E-state index in [0.29, 0.717) is 23.8 Å². The summed E-state index contributed by atoms with van der Waals surface area (Å²) in [4.78, 5) is 7.29. The molecule has 6 nitrogen and oxygen atoms in total. The number of nitrogens with zero attached hydrogens (tertiary/aromatic N) is 4. The molecule has 1 heterocycles. The van der Waals surface area contributed by atoms with Gasteiger partial charge in [-0.3, -0.25) is 0 Å². The molecule has 0 fully saturated rings. The van der Waals surface area contributed by atoms with Crippen molar-refractivity contribution in [3.8, 4) is 11.6 Å². The van der Waals surface area contributed by atoms with Crippen LogP contribution in [0.1, 0.15) is 37.1 Å². The number of azide groups is 1. The quantitative estimate of drug-likeness (QED) is 0.391. The summed E-state index contributed by atoms with van der Waals surface area (Å²) < 4.78 is 11.8. The van der Waals surface area contributed by atoms with Crippen molar-refractivity contribution in [1.82, 2.24) is 4.98 Å². The number of ether oxygens (including phenoxy) is 2.